The predicted molar refractivity (Wildman–Crippen MR) is 135 cm³/mol. The van der Waals surface area contributed by atoms with Gasteiger partial charge in [-0.3, -0.25) is 14.0 Å². The monoisotopic (exact) mass is 493 g/mol. The van der Waals surface area contributed by atoms with E-state index in [0.717, 1.165) is 21.8 Å². The molecular weight excluding hydrogens is 466 g/mol. The molecule has 1 amide bonds. The van der Waals surface area contributed by atoms with Gasteiger partial charge in [-0.25, -0.2) is 13.4 Å². The van der Waals surface area contributed by atoms with E-state index in [1.165, 1.54) is 16.6 Å². The number of hydrogen-bond acceptors (Lipinski definition) is 5. The van der Waals surface area contributed by atoms with E-state index in [9.17, 15) is 18.0 Å². The van der Waals surface area contributed by atoms with Gasteiger partial charge in [-0.15, -0.1) is 0 Å². The van der Waals surface area contributed by atoms with Crippen molar-refractivity contribution in [3.63, 3.8) is 0 Å². The van der Waals surface area contributed by atoms with Gasteiger partial charge >= 0.3 is 0 Å². The molecular formula is C25H27N5O4S. The van der Waals surface area contributed by atoms with Gasteiger partial charge in [0.1, 0.15) is 23.7 Å². The third kappa shape index (κ3) is 4.89. The summed E-state index contributed by atoms with van der Waals surface area (Å²) in [5.74, 6) is -0.00941. The van der Waals surface area contributed by atoms with E-state index in [2.05, 4.69) is 10.3 Å². The molecule has 0 atom stereocenters. The summed E-state index contributed by atoms with van der Waals surface area (Å²) < 4.78 is 29.9. The number of benzene rings is 1. The van der Waals surface area contributed by atoms with E-state index in [1.807, 2.05) is 55.6 Å². The van der Waals surface area contributed by atoms with Crippen LogP contribution in [0.4, 0.5) is 5.82 Å². The zero-order valence-corrected chi connectivity index (χ0v) is 20.6. The van der Waals surface area contributed by atoms with Gasteiger partial charge in [-0.1, -0.05) is 50.2 Å². The lowest BCUT2D eigenvalue weighted by molar-refractivity contribution is -0.116. The molecule has 0 aliphatic carbocycles. The molecule has 0 fully saturated rings. The molecule has 0 bridgehead atoms. The second-order valence-electron chi connectivity index (χ2n) is 8.08. The number of carbonyl (C=O) groups is 1. The minimum absolute atomic E-state index is 0.0380. The number of aromatic nitrogens is 3. The van der Waals surface area contributed by atoms with Crippen molar-refractivity contribution in [1.29, 1.82) is 0 Å². The zero-order chi connectivity index (χ0) is 25.2. The second kappa shape index (κ2) is 9.85. The van der Waals surface area contributed by atoms with Crippen LogP contribution in [0.15, 0.2) is 76.7 Å². The topological polar surface area (TPSA) is 106 Å². The van der Waals surface area contributed by atoms with Gasteiger partial charge in [0.25, 0.3) is 5.56 Å². The molecule has 0 radical (unpaired) electrons. The molecule has 182 valence electrons. The number of sulfonamides is 1. The number of imidazole rings is 1. The predicted octanol–water partition coefficient (Wildman–Crippen LogP) is 3.14. The molecule has 3 heterocycles. The number of hydrogen-bond donors (Lipinski definition) is 1. The standard InChI is InChI=1S/C25H27N5O4S/c1-4-29(5-2)35(33,34)20-12-14-23(32)28(16-20)17-22(31)27-25-24(19-9-7-6-8-10-19)26-21-13-11-18(3)15-30(21)25/h6-16H,4-5,17H2,1-3H3,(H,27,31). The maximum absolute atomic E-state index is 13.1. The molecule has 10 heteroatoms. The number of anilines is 1. The molecule has 0 saturated heterocycles. The van der Waals surface area contributed by atoms with Gasteiger partial charge in [0.15, 0.2) is 0 Å². The molecule has 35 heavy (non-hydrogen) atoms. The first-order valence-electron chi connectivity index (χ1n) is 11.3. The van der Waals surface area contributed by atoms with E-state index in [-0.39, 0.29) is 11.4 Å². The average molecular weight is 494 g/mol. The summed E-state index contributed by atoms with van der Waals surface area (Å²) in [6, 6.07) is 15.7. The fourth-order valence-corrected chi connectivity index (χ4v) is 5.37. The summed E-state index contributed by atoms with van der Waals surface area (Å²) in [5.41, 5.74) is 2.59. The Morgan fingerprint density at radius 2 is 1.71 bits per heavy atom. The van der Waals surface area contributed by atoms with Crippen molar-refractivity contribution in [2.75, 3.05) is 18.4 Å². The summed E-state index contributed by atoms with van der Waals surface area (Å²) in [6.07, 6.45) is 3.08. The Morgan fingerprint density at radius 3 is 2.40 bits per heavy atom. The maximum atomic E-state index is 13.1. The van der Waals surface area contributed by atoms with Crippen LogP contribution in [-0.2, 0) is 21.4 Å². The Labute approximate surface area is 203 Å². The van der Waals surface area contributed by atoms with Crippen LogP contribution in [-0.4, -0.2) is 45.7 Å². The molecule has 0 saturated carbocycles. The lowest BCUT2D eigenvalue weighted by Crippen LogP contribution is -2.33. The molecule has 0 spiro atoms. The maximum Gasteiger partial charge on any atom is 0.251 e. The first-order chi connectivity index (χ1) is 16.7. The van der Waals surface area contributed by atoms with Gasteiger partial charge in [-0.2, -0.15) is 4.31 Å². The average Bonchev–Trinajstić information content (AvgIpc) is 3.19. The fraction of sp³-hybridized carbons (Fsp3) is 0.240. The largest absolute Gasteiger partial charge is 0.308 e. The van der Waals surface area contributed by atoms with E-state index in [4.69, 9.17) is 0 Å². The SMILES string of the molecule is CCN(CC)S(=O)(=O)c1ccc(=O)n(CC(=O)Nc2c(-c3ccccc3)nc3ccc(C)cn23)c1. The van der Waals surface area contributed by atoms with Gasteiger partial charge in [0.05, 0.1) is 4.90 Å². The van der Waals surface area contributed by atoms with Crippen molar-refractivity contribution in [3.8, 4) is 11.3 Å². The normalized spacial score (nSPS) is 11.8. The van der Waals surface area contributed by atoms with Crippen LogP contribution in [0.1, 0.15) is 19.4 Å². The highest BCUT2D eigenvalue weighted by Crippen LogP contribution is 2.29. The number of rotatable bonds is 8. The molecule has 0 unspecified atom stereocenters. The summed E-state index contributed by atoms with van der Waals surface area (Å²) in [7, 11) is -3.77. The number of nitrogens with zero attached hydrogens (tertiary/aromatic N) is 4. The summed E-state index contributed by atoms with van der Waals surface area (Å²) in [5, 5.41) is 2.88. The highest BCUT2D eigenvalue weighted by atomic mass is 32.2. The third-order valence-corrected chi connectivity index (χ3v) is 7.72. The van der Waals surface area contributed by atoms with Crippen LogP contribution >= 0.6 is 0 Å². The Hall–Kier alpha value is -3.76. The first kappa shape index (κ1) is 24.4. The van der Waals surface area contributed by atoms with E-state index >= 15 is 0 Å². The minimum atomic E-state index is -3.77. The molecule has 0 aliphatic rings. The number of aryl methyl sites for hydroxylation is 1. The van der Waals surface area contributed by atoms with Crippen LogP contribution in [0.3, 0.4) is 0 Å². The van der Waals surface area contributed by atoms with Crippen molar-refractivity contribution in [2.24, 2.45) is 0 Å². The van der Waals surface area contributed by atoms with Crippen LogP contribution in [0.25, 0.3) is 16.9 Å². The fourth-order valence-electron chi connectivity index (χ4n) is 3.89. The summed E-state index contributed by atoms with van der Waals surface area (Å²) in [6.45, 7) is 5.67. The smallest absolute Gasteiger partial charge is 0.251 e. The van der Waals surface area contributed by atoms with Gasteiger partial charge in [0, 0.05) is 37.1 Å². The number of carbonyl (C=O) groups excluding carboxylic acids is 1. The first-order valence-corrected chi connectivity index (χ1v) is 12.7. The van der Waals surface area contributed by atoms with Crippen molar-refractivity contribution in [2.45, 2.75) is 32.2 Å². The third-order valence-electron chi connectivity index (χ3n) is 5.68. The molecule has 1 aromatic carbocycles. The molecule has 9 nitrogen and oxygen atoms in total. The molecule has 3 aromatic heterocycles. The highest BCUT2D eigenvalue weighted by molar-refractivity contribution is 7.89. The van der Waals surface area contributed by atoms with Gasteiger partial charge in [0.2, 0.25) is 15.9 Å². The number of pyridine rings is 2. The Balaban J connectivity index is 1.69. The van der Waals surface area contributed by atoms with Crippen LogP contribution in [0, 0.1) is 6.92 Å². The number of amides is 1. The Morgan fingerprint density at radius 1 is 1.00 bits per heavy atom. The second-order valence-corrected chi connectivity index (χ2v) is 10.0. The molecule has 4 rings (SSSR count). The van der Waals surface area contributed by atoms with Crippen molar-refractivity contribution in [3.05, 3.63) is 82.9 Å². The van der Waals surface area contributed by atoms with Gasteiger partial charge < -0.3 is 9.88 Å². The summed E-state index contributed by atoms with van der Waals surface area (Å²) >= 11 is 0. The van der Waals surface area contributed by atoms with Crippen molar-refractivity contribution < 1.29 is 13.2 Å². The van der Waals surface area contributed by atoms with Crippen LogP contribution < -0.4 is 10.9 Å². The van der Waals surface area contributed by atoms with E-state index < -0.39 is 21.5 Å². The molecule has 4 aromatic rings. The Kier molecular flexibility index (Phi) is 6.86. The van der Waals surface area contributed by atoms with Crippen LogP contribution in [0.5, 0.6) is 0 Å². The zero-order valence-electron chi connectivity index (χ0n) is 19.8. The number of nitrogens with one attached hydrogen (secondary N) is 1. The minimum Gasteiger partial charge on any atom is -0.308 e. The van der Waals surface area contributed by atoms with Crippen molar-refractivity contribution in [1.82, 2.24) is 18.3 Å². The quantitative estimate of drug-likeness (QED) is 0.406. The molecule has 0 aliphatic heterocycles. The highest BCUT2D eigenvalue weighted by Gasteiger charge is 2.23. The van der Waals surface area contributed by atoms with E-state index in [0.29, 0.717) is 30.2 Å². The number of fused-ring (bicyclic) bond motifs is 1. The van der Waals surface area contributed by atoms with E-state index in [1.54, 1.807) is 18.2 Å². The lowest BCUT2D eigenvalue weighted by Gasteiger charge is -2.19. The lowest BCUT2D eigenvalue weighted by atomic mass is 10.1. The summed E-state index contributed by atoms with van der Waals surface area (Å²) in [4.78, 5) is 30.2. The van der Waals surface area contributed by atoms with Gasteiger partial charge in [-0.05, 0) is 24.6 Å². The van der Waals surface area contributed by atoms with Crippen molar-refractivity contribution >= 4 is 27.4 Å². The van der Waals surface area contributed by atoms with Crippen LogP contribution in [0.2, 0.25) is 0 Å². The Bertz CT molecular complexity index is 1540. The molecule has 1 N–H and O–H groups in total.